The fraction of sp³-hybridized carbons (Fsp3) is 0.242. The number of hydrogen-bond acceptors (Lipinski definition) is 1. The highest BCUT2D eigenvalue weighted by atomic mass is 16.1. The van der Waals surface area contributed by atoms with Crippen LogP contribution in [0.1, 0.15) is 68.6 Å². The standard InChI is InChI=1S/C33H33NO/c1-32(2,3)24-14-18-29-27(20-24)28-21-25(33(4,5)6)15-19-30(28)34(29)26-16-12-23(13-17-26)31(35)22-10-8-7-9-11-22/h7-21H,1-6H3. The van der Waals surface area contributed by atoms with Crippen LogP contribution in [-0.4, -0.2) is 10.4 Å². The molecule has 0 N–H and O–H groups in total. The van der Waals surface area contributed by atoms with Crippen molar-refractivity contribution in [1.82, 2.24) is 4.57 Å². The number of carbonyl (C=O) groups excluding carboxylic acids is 1. The highest BCUT2D eigenvalue weighted by Gasteiger charge is 2.21. The monoisotopic (exact) mass is 459 g/mol. The molecule has 4 aromatic carbocycles. The number of fused-ring (bicyclic) bond motifs is 3. The van der Waals surface area contributed by atoms with Crippen LogP contribution < -0.4 is 0 Å². The van der Waals surface area contributed by atoms with Crippen molar-refractivity contribution in [2.24, 2.45) is 0 Å². The van der Waals surface area contributed by atoms with E-state index in [9.17, 15) is 4.79 Å². The number of aromatic nitrogens is 1. The number of carbonyl (C=O) groups is 1. The number of benzene rings is 4. The largest absolute Gasteiger partial charge is 0.309 e. The van der Waals surface area contributed by atoms with Crippen molar-refractivity contribution in [2.75, 3.05) is 0 Å². The molecule has 0 aliphatic rings. The Labute approximate surface area is 208 Å². The first-order chi connectivity index (χ1) is 16.5. The summed E-state index contributed by atoms with van der Waals surface area (Å²) in [5.41, 5.74) is 7.63. The maximum absolute atomic E-state index is 12.9. The first-order valence-corrected chi connectivity index (χ1v) is 12.3. The summed E-state index contributed by atoms with van der Waals surface area (Å²) in [4.78, 5) is 12.9. The Morgan fingerprint density at radius 1 is 0.571 bits per heavy atom. The molecule has 0 fully saturated rings. The third kappa shape index (κ3) is 4.18. The van der Waals surface area contributed by atoms with E-state index in [1.165, 1.54) is 32.9 Å². The quantitative estimate of drug-likeness (QED) is 0.248. The maximum Gasteiger partial charge on any atom is 0.193 e. The fourth-order valence-electron chi connectivity index (χ4n) is 4.75. The molecule has 0 atom stereocenters. The predicted octanol–water partition coefficient (Wildman–Crippen LogP) is 8.61. The lowest BCUT2D eigenvalue weighted by molar-refractivity contribution is 0.103. The Kier molecular flexibility index (Phi) is 5.44. The minimum atomic E-state index is 0.0454. The van der Waals surface area contributed by atoms with Gasteiger partial charge in [-0.1, -0.05) is 84.0 Å². The molecule has 5 aromatic rings. The summed E-state index contributed by atoms with van der Waals surface area (Å²) < 4.78 is 2.32. The van der Waals surface area contributed by atoms with Gasteiger partial charge in [-0.2, -0.15) is 0 Å². The third-order valence-corrected chi connectivity index (χ3v) is 6.92. The van der Waals surface area contributed by atoms with Crippen LogP contribution in [0.5, 0.6) is 0 Å². The van der Waals surface area contributed by atoms with Gasteiger partial charge in [-0.15, -0.1) is 0 Å². The molecule has 2 heteroatoms. The first kappa shape index (κ1) is 23.1. The summed E-state index contributed by atoms with van der Waals surface area (Å²) in [6.07, 6.45) is 0. The number of ketones is 1. The maximum atomic E-state index is 12.9. The Morgan fingerprint density at radius 2 is 1.03 bits per heavy atom. The SMILES string of the molecule is CC(C)(C)c1ccc2c(c1)c1cc(C(C)(C)C)ccc1n2-c1ccc(C(=O)c2ccccc2)cc1. The van der Waals surface area contributed by atoms with Crippen LogP contribution in [0.3, 0.4) is 0 Å². The zero-order chi connectivity index (χ0) is 25.0. The molecule has 5 rings (SSSR count). The second kappa shape index (κ2) is 8.23. The van der Waals surface area contributed by atoms with Gasteiger partial charge in [0, 0.05) is 27.6 Å². The molecule has 0 bridgehead atoms. The summed E-state index contributed by atoms with van der Waals surface area (Å²) >= 11 is 0. The molecule has 35 heavy (non-hydrogen) atoms. The van der Waals surface area contributed by atoms with E-state index in [1.807, 2.05) is 42.5 Å². The first-order valence-electron chi connectivity index (χ1n) is 12.3. The van der Waals surface area contributed by atoms with Crippen LogP contribution in [0.4, 0.5) is 0 Å². The van der Waals surface area contributed by atoms with E-state index in [2.05, 4.69) is 94.6 Å². The Hall–Kier alpha value is -3.65. The van der Waals surface area contributed by atoms with Gasteiger partial charge in [0.2, 0.25) is 0 Å². The number of nitrogens with zero attached hydrogens (tertiary/aromatic N) is 1. The van der Waals surface area contributed by atoms with Gasteiger partial charge in [-0.3, -0.25) is 4.79 Å². The molecule has 176 valence electrons. The van der Waals surface area contributed by atoms with Crippen molar-refractivity contribution in [3.8, 4) is 5.69 Å². The van der Waals surface area contributed by atoms with Crippen molar-refractivity contribution in [2.45, 2.75) is 52.4 Å². The summed E-state index contributed by atoms with van der Waals surface area (Å²) in [5, 5.41) is 2.53. The van der Waals surface area contributed by atoms with Crippen molar-refractivity contribution in [1.29, 1.82) is 0 Å². The van der Waals surface area contributed by atoms with Crippen LogP contribution in [-0.2, 0) is 10.8 Å². The van der Waals surface area contributed by atoms with Gasteiger partial charge in [0.05, 0.1) is 11.0 Å². The van der Waals surface area contributed by atoms with Crippen molar-refractivity contribution < 1.29 is 4.79 Å². The topological polar surface area (TPSA) is 22.0 Å². The fourth-order valence-corrected chi connectivity index (χ4v) is 4.75. The van der Waals surface area contributed by atoms with Crippen LogP contribution in [0.15, 0.2) is 91.0 Å². The molecular formula is C33H33NO. The average Bonchev–Trinajstić information content (AvgIpc) is 3.16. The molecule has 0 unspecified atom stereocenters. The van der Waals surface area contributed by atoms with Crippen molar-refractivity contribution in [3.05, 3.63) is 113 Å². The predicted molar refractivity (Wildman–Crippen MR) is 148 cm³/mol. The minimum Gasteiger partial charge on any atom is -0.309 e. The number of rotatable bonds is 3. The molecule has 2 nitrogen and oxygen atoms in total. The second-order valence-corrected chi connectivity index (χ2v) is 11.5. The van der Waals surface area contributed by atoms with Gasteiger partial charge < -0.3 is 4.57 Å². The van der Waals surface area contributed by atoms with Gasteiger partial charge >= 0.3 is 0 Å². The molecule has 1 aromatic heterocycles. The average molecular weight is 460 g/mol. The Bertz CT molecular complexity index is 1470. The third-order valence-electron chi connectivity index (χ3n) is 6.92. The highest BCUT2D eigenvalue weighted by molar-refractivity contribution is 6.11. The lowest BCUT2D eigenvalue weighted by Crippen LogP contribution is -2.10. The van der Waals surface area contributed by atoms with E-state index in [0.29, 0.717) is 11.1 Å². The lowest BCUT2D eigenvalue weighted by Gasteiger charge is -2.19. The Morgan fingerprint density at radius 3 is 1.49 bits per heavy atom. The van der Waals surface area contributed by atoms with Crippen molar-refractivity contribution >= 4 is 27.6 Å². The van der Waals surface area contributed by atoms with E-state index >= 15 is 0 Å². The molecule has 0 aliphatic heterocycles. The highest BCUT2D eigenvalue weighted by Crippen LogP contribution is 2.37. The smallest absolute Gasteiger partial charge is 0.193 e. The molecule has 0 amide bonds. The molecule has 0 saturated heterocycles. The molecular weight excluding hydrogens is 426 g/mol. The lowest BCUT2D eigenvalue weighted by atomic mass is 9.85. The molecule has 0 aliphatic carbocycles. The minimum absolute atomic E-state index is 0.0454. The van der Waals surface area contributed by atoms with E-state index in [4.69, 9.17) is 0 Å². The molecule has 0 saturated carbocycles. The van der Waals surface area contributed by atoms with Crippen LogP contribution in [0, 0.1) is 0 Å². The zero-order valence-electron chi connectivity index (χ0n) is 21.5. The van der Waals surface area contributed by atoms with Crippen LogP contribution in [0.25, 0.3) is 27.5 Å². The summed E-state index contributed by atoms with van der Waals surface area (Å²) in [6.45, 7) is 13.6. The zero-order valence-corrected chi connectivity index (χ0v) is 21.5. The van der Waals surface area contributed by atoms with E-state index in [-0.39, 0.29) is 16.6 Å². The van der Waals surface area contributed by atoms with E-state index in [1.54, 1.807) is 0 Å². The second-order valence-electron chi connectivity index (χ2n) is 11.5. The molecule has 0 radical (unpaired) electrons. The summed E-state index contributed by atoms with van der Waals surface area (Å²) in [6, 6.07) is 31.1. The normalized spacial score (nSPS) is 12.4. The van der Waals surface area contributed by atoms with Gasteiger partial charge in [-0.05, 0) is 70.5 Å². The van der Waals surface area contributed by atoms with Gasteiger partial charge in [0.15, 0.2) is 5.78 Å². The van der Waals surface area contributed by atoms with Gasteiger partial charge in [0.1, 0.15) is 0 Å². The summed E-state index contributed by atoms with van der Waals surface area (Å²) in [7, 11) is 0. The molecule has 1 heterocycles. The Balaban J connectivity index is 1.70. The van der Waals surface area contributed by atoms with Crippen molar-refractivity contribution in [3.63, 3.8) is 0 Å². The summed E-state index contributed by atoms with van der Waals surface area (Å²) in [5.74, 6) is 0.0454. The van der Waals surface area contributed by atoms with Crippen LogP contribution >= 0.6 is 0 Å². The van der Waals surface area contributed by atoms with E-state index < -0.39 is 0 Å². The van der Waals surface area contributed by atoms with Crippen LogP contribution in [0.2, 0.25) is 0 Å². The number of hydrogen-bond donors (Lipinski definition) is 0. The molecule has 0 spiro atoms. The van der Waals surface area contributed by atoms with Gasteiger partial charge in [-0.25, -0.2) is 0 Å². The van der Waals surface area contributed by atoms with E-state index in [0.717, 1.165) is 5.69 Å². The van der Waals surface area contributed by atoms with Gasteiger partial charge in [0.25, 0.3) is 0 Å².